The SMILES string of the molecule is COc1ccc(S(=O)(=O)c2c(F)c(F)c(OC(=O)C(F)(F)F)c(F)c2F)cc1F. The summed E-state index contributed by atoms with van der Waals surface area (Å²) in [4.78, 5) is 7.23. The Morgan fingerprint density at radius 1 is 0.931 bits per heavy atom. The molecule has 0 fully saturated rings. The van der Waals surface area contributed by atoms with Gasteiger partial charge in [-0.25, -0.2) is 26.4 Å². The first kappa shape index (κ1) is 22.4. The summed E-state index contributed by atoms with van der Waals surface area (Å²) in [7, 11) is -4.44. The minimum Gasteiger partial charge on any atom is -0.494 e. The van der Waals surface area contributed by atoms with Gasteiger partial charge in [0.05, 0.1) is 12.0 Å². The van der Waals surface area contributed by atoms with E-state index in [-0.39, 0.29) is 6.07 Å². The second-order valence-corrected chi connectivity index (χ2v) is 6.99. The molecule has 0 aliphatic carbocycles. The highest BCUT2D eigenvalue weighted by Crippen LogP contribution is 2.36. The first-order chi connectivity index (χ1) is 13.2. The fraction of sp³-hybridized carbons (Fsp3) is 0.133. The molecule has 158 valence electrons. The summed E-state index contributed by atoms with van der Waals surface area (Å²) in [5, 5.41) is 0. The number of alkyl halides is 3. The van der Waals surface area contributed by atoms with Gasteiger partial charge in [0.25, 0.3) is 0 Å². The number of hydrogen-bond acceptors (Lipinski definition) is 5. The Bertz CT molecular complexity index is 1070. The standard InChI is InChI=1S/C15H6F8O5S/c1-27-7-3-2-5(4-6(7)16)29(25,26)13-10(19)8(17)12(9(18)11(13)20)28-14(24)15(21,22)23/h2-4H,1H3. The Morgan fingerprint density at radius 3 is 1.86 bits per heavy atom. The van der Waals surface area contributed by atoms with E-state index < -0.39 is 72.4 Å². The second kappa shape index (κ2) is 7.50. The number of hydrogen-bond donors (Lipinski definition) is 0. The summed E-state index contributed by atoms with van der Waals surface area (Å²) in [6, 6.07) is 1.54. The van der Waals surface area contributed by atoms with E-state index in [1.54, 1.807) is 0 Å². The summed E-state index contributed by atoms with van der Waals surface area (Å²) in [6.07, 6.45) is -5.78. The average molecular weight is 450 g/mol. The molecule has 0 N–H and O–H groups in total. The molecule has 0 amide bonds. The van der Waals surface area contributed by atoms with Gasteiger partial charge in [-0.1, -0.05) is 0 Å². The Balaban J connectivity index is 2.69. The van der Waals surface area contributed by atoms with Gasteiger partial charge < -0.3 is 9.47 Å². The highest BCUT2D eigenvalue weighted by atomic mass is 32.2. The van der Waals surface area contributed by atoms with E-state index in [2.05, 4.69) is 9.47 Å². The number of sulfone groups is 1. The third-order valence-corrected chi connectivity index (χ3v) is 5.08. The van der Waals surface area contributed by atoms with Crippen LogP contribution in [0, 0.1) is 29.1 Å². The lowest BCUT2D eigenvalue weighted by Crippen LogP contribution is -2.29. The number of esters is 1. The lowest BCUT2D eigenvalue weighted by Gasteiger charge is -2.13. The van der Waals surface area contributed by atoms with E-state index >= 15 is 0 Å². The Hall–Kier alpha value is -2.90. The Labute approximate surface area is 156 Å². The van der Waals surface area contributed by atoms with Crippen LogP contribution in [0.15, 0.2) is 28.0 Å². The summed E-state index contributed by atoms with van der Waals surface area (Å²) < 4.78 is 139. The number of carbonyl (C=O) groups is 1. The smallest absolute Gasteiger partial charge is 0.491 e. The second-order valence-electron chi connectivity index (χ2n) is 5.10. The van der Waals surface area contributed by atoms with E-state index in [0.717, 1.165) is 13.2 Å². The number of benzene rings is 2. The predicted molar refractivity (Wildman–Crippen MR) is 76.4 cm³/mol. The lowest BCUT2D eigenvalue weighted by atomic mass is 10.3. The largest absolute Gasteiger partial charge is 0.494 e. The van der Waals surface area contributed by atoms with Crippen molar-refractivity contribution in [2.75, 3.05) is 7.11 Å². The average Bonchev–Trinajstić information content (AvgIpc) is 2.62. The van der Waals surface area contributed by atoms with Crippen LogP contribution in [0.3, 0.4) is 0 Å². The van der Waals surface area contributed by atoms with Crippen molar-refractivity contribution >= 4 is 15.8 Å². The molecular weight excluding hydrogens is 444 g/mol. The molecule has 29 heavy (non-hydrogen) atoms. The maximum atomic E-state index is 14.1. The van der Waals surface area contributed by atoms with Gasteiger partial charge in [0.1, 0.15) is 4.90 Å². The zero-order valence-electron chi connectivity index (χ0n) is 13.7. The first-order valence-electron chi connectivity index (χ1n) is 6.97. The highest BCUT2D eigenvalue weighted by molar-refractivity contribution is 7.91. The molecule has 5 nitrogen and oxygen atoms in total. The normalized spacial score (nSPS) is 12.0. The molecular formula is C15H6F8O5S. The maximum absolute atomic E-state index is 14.1. The van der Waals surface area contributed by atoms with Crippen LogP contribution in [-0.2, 0) is 14.6 Å². The summed E-state index contributed by atoms with van der Waals surface area (Å²) in [6.45, 7) is 0. The molecule has 0 spiro atoms. The van der Waals surface area contributed by atoms with Crippen molar-refractivity contribution in [1.82, 2.24) is 0 Å². The minimum atomic E-state index is -5.78. The molecule has 14 heteroatoms. The van der Waals surface area contributed by atoms with Crippen molar-refractivity contribution in [2.45, 2.75) is 16.0 Å². The molecule has 2 aromatic carbocycles. The maximum Gasteiger partial charge on any atom is 0.491 e. The van der Waals surface area contributed by atoms with Crippen LogP contribution in [0.2, 0.25) is 0 Å². The number of rotatable bonds is 4. The Morgan fingerprint density at radius 2 is 1.45 bits per heavy atom. The van der Waals surface area contributed by atoms with Crippen LogP contribution in [-0.4, -0.2) is 27.7 Å². The molecule has 2 rings (SSSR count). The number of halogens is 8. The lowest BCUT2D eigenvalue weighted by molar-refractivity contribution is -0.190. The third kappa shape index (κ3) is 3.97. The van der Waals surface area contributed by atoms with Crippen LogP contribution in [0.1, 0.15) is 0 Å². The molecule has 0 bridgehead atoms. The van der Waals surface area contributed by atoms with Crippen LogP contribution in [0.4, 0.5) is 35.1 Å². The minimum absolute atomic E-state index is 0.223. The van der Waals surface area contributed by atoms with Gasteiger partial charge in [-0.3, -0.25) is 0 Å². The summed E-state index contributed by atoms with van der Waals surface area (Å²) in [5.74, 6) is -18.3. The number of ether oxygens (including phenoxy) is 2. The fourth-order valence-corrected chi connectivity index (χ4v) is 3.39. The predicted octanol–water partition coefficient (Wildman–Crippen LogP) is 3.69. The van der Waals surface area contributed by atoms with Gasteiger partial charge in [-0.05, 0) is 18.2 Å². The van der Waals surface area contributed by atoms with Gasteiger partial charge in [0.2, 0.25) is 27.2 Å². The summed E-state index contributed by atoms with van der Waals surface area (Å²) in [5.41, 5.74) is 0. The fourth-order valence-electron chi connectivity index (χ4n) is 2.00. The molecule has 0 saturated heterocycles. The van der Waals surface area contributed by atoms with Gasteiger partial charge >= 0.3 is 12.1 Å². The zero-order valence-corrected chi connectivity index (χ0v) is 14.5. The van der Waals surface area contributed by atoms with Gasteiger partial charge in [0, 0.05) is 0 Å². The van der Waals surface area contributed by atoms with E-state index in [9.17, 15) is 48.3 Å². The molecule has 2 aromatic rings. The summed E-state index contributed by atoms with van der Waals surface area (Å²) >= 11 is 0. The van der Waals surface area contributed by atoms with Gasteiger partial charge in [0.15, 0.2) is 23.2 Å². The molecule has 0 aromatic heterocycles. The van der Waals surface area contributed by atoms with Crippen molar-refractivity contribution in [2.24, 2.45) is 0 Å². The van der Waals surface area contributed by atoms with Crippen molar-refractivity contribution in [1.29, 1.82) is 0 Å². The topological polar surface area (TPSA) is 69.7 Å². The number of methoxy groups -OCH3 is 1. The van der Waals surface area contributed by atoms with Gasteiger partial charge in [-0.2, -0.15) is 22.0 Å². The van der Waals surface area contributed by atoms with E-state index in [1.807, 2.05) is 0 Å². The Kier molecular flexibility index (Phi) is 5.79. The van der Waals surface area contributed by atoms with Crippen molar-refractivity contribution < 1.29 is 57.8 Å². The van der Waals surface area contributed by atoms with E-state index in [4.69, 9.17) is 0 Å². The molecule has 0 aliphatic heterocycles. The van der Waals surface area contributed by atoms with Crippen molar-refractivity contribution in [3.05, 3.63) is 47.3 Å². The van der Waals surface area contributed by atoms with E-state index in [0.29, 0.717) is 6.07 Å². The van der Waals surface area contributed by atoms with Crippen LogP contribution in [0.25, 0.3) is 0 Å². The zero-order chi connectivity index (χ0) is 22.3. The molecule has 0 unspecified atom stereocenters. The highest BCUT2D eigenvalue weighted by Gasteiger charge is 2.44. The van der Waals surface area contributed by atoms with E-state index in [1.165, 1.54) is 0 Å². The molecule has 0 aliphatic rings. The quantitative estimate of drug-likeness (QED) is 0.308. The van der Waals surface area contributed by atoms with Crippen molar-refractivity contribution in [3.63, 3.8) is 0 Å². The molecule has 0 atom stereocenters. The molecule has 0 heterocycles. The van der Waals surface area contributed by atoms with Crippen LogP contribution >= 0.6 is 0 Å². The molecule has 0 saturated carbocycles. The molecule has 0 radical (unpaired) electrons. The number of carbonyl (C=O) groups excluding carboxylic acids is 1. The first-order valence-corrected chi connectivity index (χ1v) is 8.45. The monoisotopic (exact) mass is 450 g/mol. The van der Waals surface area contributed by atoms with Crippen molar-refractivity contribution in [3.8, 4) is 11.5 Å². The van der Waals surface area contributed by atoms with Crippen LogP contribution < -0.4 is 9.47 Å². The third-order valence-electron chi connectivity index (χ3n) is 3.31. The van der Waals surface area contributed by atoms with Gasteiger partial charge in [-0.15, -0.1) is 0 Å². The van der Waals surface area contributed by atoms with Crippen LogP contribution in [0.5, 0.6) is 11.5 Å².